The number of fused-ring (bicyclic) bond motifs is 1. The second-order valence-electron chi connectivity index (χ2n) is 5.98. The molecule has 27 heavy (non-hydrogen) atoms. The van der Waals surface area contributed by atoms with Crippen LogP contribution < -0.4 is 14.4 Å². The van der Waals surface area contributed by atoms with Gasteiger partial charge in [-0.1, -0.05) is 29.5 Å². The first-order valence-electron chi connectivity index (χ1n) is 8.52. The fraction of sp³-hybridized carbons (Fsp3) is 0.143. The molecular weight excluding hydrogens is 358 g/mol. The molecule has 0 N–H and O–H groups in total. The summed E-state index contributed by atoms with van der Waals surface area (Å²) in [6, 6.07) is 18.1. The van der Waals surface area contributed by atoms with Crippen molar-refractivity contribution in [3.63, 3.8) is 0 Å². The molecule has 0 radical (unpaired) electrons. The van der Waals surface area contributed by atoms with Crippen molar-refractivity contribution < 1.29 is 9.47 Å². The Balaban J connectivity index is 1.78. The second kappa shape index (κ2) is 7.63. The van der Waals surface area contributed by atoms with E-state index in [0.717, 1.165) is 38.1 Å². The minimum Gasteiger partial charge on any atom is -0.497 e. The van der Waals surface area contributed by atoms with E-state index in [0.29, 0.717) is 6.54 Å². The van der Waals surface area contributed by atoms with Crippen LogP contribution >= 0.6 is 11.3 Å². The molecule has 0 fully saturated rings. The van der Waals surface area contributed by atoms with Gasteiger partial charge in [-0.05, 0) is 35.9 Å². The van der Waals surface area contributed by atoms with Gasteiger partial charge in [0.05, 0.1) is 31.7 Å². The van der Waals surface area contributed by atoms with Crippen molar-refractivity contribution >= 4 is 32.4 Å². The monoisotopic (exact) mass is 377 g/mol. The Bertz CT molecular complexity index is 1030. The highest BCUT2D eigenvalue weighted by Gasteiger charge is 2.16. The quantitative estimate of drug-likeness (QED) is 0.471. The number of hydrogen-bond acceptors (Lipinski definition) is 6. The molecule has 0 aliphatic carbocycles. The number of nitrogens with zero attached hydrogens (tertiary/aromatic N) is 3. The van der Waals surface area contributed by atoms with E-state index in [-0.39, 0.29) is 0 Å². The highest BCUT2D eigenvalue weighted by molar-refractivity contribution is 7.22. The van der Waals surface area contributed by atoms with Crippen LogP contribution in [0.3, 0.4) is 0 Å². The maximum absolute atomic E-state index is 5.41. The van der Waals surface area contributed by atoms with E-state index in [4.69, 9.17) is 14.5 Å². The molecule has 0 saturated carbocycles. The maximum Gasteiger partial charge on any atom is 0.191 e. The Morgan fingerprint density at radius 3 is 2.52 bits per heavy atom. The SMILES string of the molecule is COc1cccc(CN(c2cccc(OC)c2)c2nc3cnccc3s2)c1. The molecule has 4 aromatic rings. The summed E-state index contributed by atoms with van der Waals surface area (Å²) in [5.41, 5.74) is 3.05. The number of rotatable bonds is 6. The molecule has 0 aliphatic heterocycles. The molecule has 0 aliphatic rings. The van der Waals surface area contributed by atoms with Crippen LogP contribution in [0.15, 0.2) is 67.0 Å². The molecule has 0 bridgehead atoms. The average molecular weight is 377 g/mol. The van der Waals surface area contributed by atoms with Gasteiger partial charge in [0.15, 0.2) is 5.13 Å². The van der Waals surface area contributed by atoms with Gasteiger partial charge >= 0.3 is 0 Å². The van der Waals surface area contributed by atoms with Crippen LogP contribution in [0.25, 0.3) is 10.2 Å². The van der Waals surface area contributed by atoms with Crippen LogP contribution in [0.5, 0.6) is 11.5 Å². The summed E-state index contributed by atoms with van der Waals surface area (Å²) in [7, 11) is 3.36. The van der Waals surface area contributed by atoms with Crippen LogP contribution in [-0.2, 0) is 6.54 Å². The molecule has 0 spiro atoms. The highest BCUT2D eigenvalue weighted by atomic mass is 32.1. The van der Waals surface area contributed by atoms with E-state index in [1.165, 1.54) is 0 Å². The number of thiazole rings is 1. The molecule has 2 heterocycles. The van der Waals surface area contributed by atoms with E-state index in [1.807, 2.05) is 42.5 Å². The van der Waals surface area contributed by atoms with Crippen molar-refractivity contribution in [3.8, 4) is 11.5 Å². The lowest BCUT2D eigenvalue weighted by atomic mass is 10.2. The standard InChI is InChI=1S/C21H19N3O2S/c1-25-17-7-3-5-15(11-17)14-24(16-6-4-8-18(12-16)26-2)21-23-19-13-22-10-9-20(19)27-21/h3-13H,14H2,1-2H3. The number of pyridine rings is 1. The van der Waals surface area contributed by atoms with Crippen LogP contribution in [0, 0.1) is 0 Å². The van der Waals surface area contributed by atoms with Crippen LogP contribution in [-0.4, -0.2) is 24.2 Å². The number of anilines is 2. The lowest BCUT2D eigenvalue weighted by Crippen LogP contribution is -2.16. The zero-order valence-corrected chi connectivity index (χ0v) is 15.9. The lowest BCUT2D eigenvalue weighted by Gasteiger charge is -2.23. The third-order valence-electron chi connectivity index (χ3n) is 4.25. The number of hydrogen-bond donors (Lipinski definition) is 0. The minimum atomic E-state index is 0.664. The summed E-state index contributed by atoms with van der Waals surface area (Å²) in [5.74, 6) is 1.65. The Morgan fingerprint density at radius 1 is 0.963 bits per heavy atom. The molecule has 2 aromatic heterocycles. The molecule has 0 saturated heterocycles. The van der Waals surface area contributed by atoms with Crippen molar-refractivity contribution in [3.05, 3.63) is 72.6 Å². The zero-order valence-electron chi connectivity index (χ0n) is 15.1. The van der Waals surface area contributed by atoms with Gasteiger partial charge in [-0.25, -0.2) is 4.98 Å². The van der Waals surface area contributed by atoms with E-state index in [1.54, 1.807) is 38.0 Å². The Kier molecular flexibility index (Phi) is 4.89. The molecule has 5 nitrogen and oxygen atoms in total. The van der Waals surface area contributed by atoms with Gasteiger partial charge in [-0.2, -0.15) is 0 Å². The molecule has 136 valence electrons. The van der Waals surface area contributed by atoms with Crippen molar-refractivity contribution in [2.75, 3.05) is 19.1 Å². The van der Waals surface area contributed by atoms with Gasteiger partial charge in [-0.15, -0.1) is 0 Å². The summed E-state index contributed by atoms with van der Waals surface area (Å²) in [4.78, 5) is 11.2. The molecule has 0 amide bonds. The molecule has 6 heteroatoms. The first-order valence-corrected chi connectivity index (χ1v) is 9.33. The van der Waals surface area contributed by atoms with Gasteiger partial charge in [-0.3, -0.25) is 4.98 Å². The highest BCUT2D eigenvalue weighted by Crippen LogP contribution is 2.35. The predicted octanol–water partition coefficient (Wildman–Crippen LogP) is 5.05. The first kappa shape index (κ1) is 17.3. The fourth-order valence-corrected chi connectivity index (χ4v) is 3.84. The zero-order chi connectivity index (χ0) is 18.6. The predicted molar refractivity (Wildman–Crippen MR) is 109 cm³/mol. The number of methoxy groups -OCH3 is 2. The van der Waals surface area contributed by atoms with Crippen LogP contribution in [0.2, 0.25) is 0 Å². The smallest absolute Gasteiger partial charge is 0.191 e. The van der Waals surface area contributed by atoms with Crippen molar-refractivity contribution in [1.29, 1.82) is 0 Å². The van der Waals surface area contributed by atoms with Gasteiger partial charge < -0.3 is 14.4 Å². The molecule has 4 rings (SSSR count). The second-order valence-corrected chi connectivity index (χ2v) is 6.99. The maximum atomic E-state index is 5.41. The molecule has 2 aromatic carbocycles. The fourth-order valence-electron chi connectivity index (χ4n) is 2.88. The largest absolute Gasteiger partial charge is 0.497 e. The van der Waals surface area contributed by atoms with E-state index < -0.39 is 0 Å². The van der Waals surface area contributed by atoms with Gasteiger partial charge in [0, 0.05) is 18.0 Å². The topological polar surface area (TPSA) is 47.5 Å². The van der Waals surface area contributed by atoms with Crippen LogP contribution in [0.1, 0.15) is 5.56 Å². The van der Waals surface area contributed by atoms with Gasteiger partial charge in [0.2, 0.25) is 0 Å². The number of ether oxygens (including phenoxy) is 2. The minimum absolute atomic E-state index is 0.664. The third-order valence-corrected chi connectivity index (χ3v) is 5.31. The molecule has 0 unspecified atom stereocenters. The van der Waals surface area contributed by atoms with Crippen molar-refractivity contribution in [1.82, 2.24) is 9.97 Å². The summed E-state index contributed by atoms with van der Waals surface area (Å²) >= 11 is 1.65. The number of aromatic nitrogens is 2. The Labute approximate surface area is 161 Å². The van der Waals surface area contributed by atoms with Gasteiger partial charge in [0.25, 0.3) is 0 Å². The molecule has 0 atom stereocenters. The average Bonchev–Trinajstić information content (AvgIpc) is 3.16. The van der Waals surface area contributed by atoms with E-state index >= 15 is 0 Å². The normalized spacial score (nSPS) is 10.7. The summed E-state index contributed by atoms with van der Waals surface area (Å²) in [5, 5.41) is 0.911. The summed E-state index contributed by atoms with van der Waals surface area (Å²) < 4.78 is 11.9. The lowest BCUT2D eigenvalue weighted by molar-refractivity contribution is 0.414. The van der Waals surface area contributed by atoms with E-state index in [2.05, 4.69) is 22.0 Å². The molecular formula is C21H19N3O2S. The summed E-state index contributed by atoms with van der Waals surface area (Å²) in [6.07, 6.45) is 3.59. The Hall–Kier alpha value is -3.12. The summed E-state index contributed by atoms with van der Waals surface area (Å²) in [6.45, 7) is 0.664. The third kappa shape index (κ3) is 3.71. The van der Waals surface area contributed by atoms with E-state index in [9.17, 15) is 0 Å². The first-order chi connectivity index (χ1) is 13.3. The Morgan fingerprint density at radius 2 is 1.74 bits per heavy atom. The number of benzene rings is 2. The van der Waals surface area contributed by atoms with Crippen molar-refractivity contribution in [2.24, 2.45) is 0 Å². The van der Waals surface area contributed by atoms with Crippen LogP contribution in [0.4, 0.5) is 10.8 Å². The van der Waals surface area contributed by atoms with Gasteiger partial charge in [0.1, 0.15) is 17.0 Å². The van der Waals surface area contributed by atoms with Crippen molar-refractivity contribution in [2.45, 2.75) is 6.54 Å².